The van der Waals surface area contributed by atoms with Crippen LogP contribution in [0.1, 0.15) is 41.8 Å². The Morgan fingerprint density at radius 2 is 1.90 bits per heavy atom. The van der Waals surface area contributed by atoms with Crippen LogP contribution in [-0.2, 0) is 4.79 Å². The second-order valence-corrected chi connectivity index (χ2v) is 6.47. The molecule has 3 heterocycles. The first-order chi connectivity index (χ1) is 9.77. The molecule has 0 aromatic carbocycles. The van der Waals surface area contributed by atoms with E-state index >= 15 is 0 Å². The maximum Gasteiger partial charge on any atom is 0.264 e. The third kappa shape index (κ3) is 2.59. The minimum Gasteiger partial charge on any atom is -0.341 e. The minimum absolute atomic E-state index is 0.0212. The number of thiophene rings is 1. The quantitative estimate of drug-likeness (QED) is 0.839. The average molecular weight is 292 g/mol. The highest BCUT2D eigenvalue weighted by molar-refractivity contribution is 7.12. The molecule has 0 spiro atoms. The number of hydrogen-bond donors (Lipinski definition) is 0. The molecule has 108 valence electrons. The van der Waals surface area contributed by atoms with E-state index in [2.05, 4.69) is 0 Å². The van der Waals surface area contributed by atoms with Crippen molar-refractivity contribution in [3.05, 3.63) is 22.4 Å². The van der Waals surface area contributed by atoms with Crippen molar-refractivity contribution < 1.29 is 9.59 Å². The number of carbonyl (C=O) groups is 2. The molecule has 2 saturated heterocycles. The summed E-state index contributed by atoms with van der Waals surface area (Å²) in [4.78, 5) is 29.6. The lowest BCUT2D eigenvalue weighted by atomic mass is 10.1. The first-order valence-corrected chi connectivity index (χ1v) is 8.28. The van der Waals surface area contributed by atoms with Gasteiger partial charge in [0.05, 0.1) is 4.88 Å². The highest BCUT2D eigenvalue weighted by Gasteiger charge is 2.37. The van der Waals surface area contributed by atoms with Gasteiger partial charge >= 0.3 is 0 Å². The summed E-state index contributed by atoms with van der Waals surface area (Å²) in [6.45, 7) is 2.42. The van der Waals surface area contributed by atoms with Crippen molar-refractivity contribution in [1.29, 1.82) is 0 Å². The molecule has 0 bridgehead atoms. The van der Waals surface area contributed by atoms with E-state index in [1.165, 1.54) is 17.8 Å². The SMILES string of the molecule is O=C(C1CCCN1C(=O)c1cccs1)N1CCCCC1. The summed E-state index contributed by atoms with van der Waals surface area (Å²) in [6.07, 6.45) is 5.15. The van der Waals surface area contributed by atoms with Gasteiger partial charge in [0.1, 0.15) is 6.04 Å². The van der Waals surface area contributed by atoms with Crippen molar-refractivity contribution in [3.8, 4) is 0 Å². The number of carbonyl (C=O) groups excluding carboxylic acids is 2. The van der Waals surface area contributed by atoms with Crippen LogP contribution in [0.5, 0.6) is 0 Å². The van der Waals surface area contributed by atoms with Crippen molar-refractivity contribution in [1.82, 2.24) is 9.80 Å². The molecule has 0 N–H and O–H groups in total. The lowest BCUT2D eigenvalue weighted by molar-refractivity contribution is -0.136. The molecular weight excluding hydrogens is 272 g/mol. The van der Waals surface area contributed by atoms with Gasteiger partial charge in [-0.25, -0.2) is 0 Å². The van der Waals surface area contributed by atoms with Crippen LogP contribution in [0.4, 0.5) is 0 Å². The molecule has 3 rings (SSSR count). The van der Waals surface area contributed by atoms with E-state index in [0.717, 1.165) is 43.6 Å². The van der Waals surface area contributed by atoms with Gasteiger partial charge in [0.2, 0.25) is 5.91 Å². The van der Waals surface area contributed by atoms with Crippen LogP contribution >= 0.6 is 11.3 Å². The van der Waals surface area contributed by atoms with Crippen LogP contribution < -0.4 is 0 Å². The smallest absolute Gasteiger partial charge is 0.264 e. The van der Waals surface area contributed by atoms with Crippen molar-refractivity contribution in [2.45, 2.75) is 38.1 Å². The maximum atomic E-state index is 12.6. The zero-order valence-electron chi connectivity index (χ0n) is 11.6. The van der Waals surface area contributed by atoms with Gasteiger partial charge in [-0.1, -0.05) is 6.07 Å². The molecule has 2 fully saturated rings. The maximum absolute atomic E-state index is 12.6. The molecule has 1 atom stereocenters. The zero-order chi connectivity index (χ0) is 13.9. The summed E-state index contributed by atoms with van der Waals surface area (Å²) in [5, 5.41) is 1.91. The molecule has 2 aliphatic rings. The van der Waals surface area contributed by atoms with E-state index in [4.69, 9.17) is 0 Å². The third-order valence-corrected chi connectivity index (χ3v) is 5.06. The summed E-state index contributed by atoms with van der Waals surface area (Å²) in [6, 6.07) is 3.49. The van der Waals surface area contributed by atoms with Crippen LogP contribution in [0.15, 0.2) is 17.5 Å². The van der Waals surface area contributed by atoms with E-state index in [-0.39, 0.29) is 17.9 Å². The Morgan fingerprint density at radius 1 is 1.10 bits per heavy atom. The van der Waals surface area contributed by atoms with Crippen LogP contribution in [0.2, 0.25) is 0 Å². The van der Waals surface area contributed by atoms with Gasteiger partial charge in [-0.05, 0) is 43.6 Å². The van der Waals surface area contributed by atoms with Crippen LogP contribution in [0.3, 0.4) is 0 Å². The molecule has 0 radical (unpaired) electrons. The molecule has 1 aromatic rings. The Kier molecular flexibility index (Phi) is 4.05. The number of rotatable bonds is 2. The van der Waals surface area contributed by atoms with Gasteiger partial charge in [0.15, 0.2) is 0 Å². The molecular formula is C15H20N2O2S. The van der Waals surface area contributed by atoms with Crippen molar-refractivity contribution >= 4 is 23.2 Å². The largest absolute Gasteiger partial charge is 0.341 e. The van der Waals surface area contributed by atoms with Crippen molar-refractivity contribution in [3.63, 3.8) is 0 Å². The summed E-state index contributed by atoms with van der Waals surface area (Å²) < 4.78 is 0. The van der Waals surface area contributed by atoms with Gasteiger partial charge in [0.25, 0.3) is 5.91 Å². The fourth-order valence-electron chi connectivity index (χ4n) is 3.13. The summed E-state index contributed by atoms with van der Waals surface area (Å²) >= 11 is 1.45. The summed E-state index contributed by atoms with van der Waals surface area (Å²) in [7, 11) is 0. The molecule has 0 saturated carbocycles. The van der Waals surface area contributed by atoms with Gasteiger partial charge in [0, 0.05) is 19.6 Å². The monoisotopic (exact) mass is 292 g/mol. The van der Waals surface area contributed by atoms with Gasteiger partial charge in [-0.3, -0.25) is 9.59 Å². The topological polar surface area (TPSA) is 40.6 Å². The molecule has 2 aliphatic heterocycles. The predicted molar refractivity (Wildman–Crippen MR) is 78.8 cm³/mol. The number of piperidine rings is 1. The lowest BCUT2D eigenvalue weighted by Gasteiger charge is -2.32. The minimum atomic E-state index is -0.234. The Morgan fingerprint density at radius 3 is 2.60 bits per heavy atom. The number of likely N-dealkylation sites (tertiary alicyclic amines) is 2. The van der Waals surface area contributed by atoms with E-state index in [1.54, 1.807) is 4.90 Å². The summed E-state index contributed by atoms with van der Waals surface area (Å²) in [5.41, 5.74) is 0. The van der Waals surface area contributed by atoms with Crippen LogP contribution in [0, 0.1) is 0 Å². The van der Waals surface area contributed by atoms with Crippen molar-refractivity contribution in [2.24, 2.45) is 0 Å². The Bertz CT molecular complexity index is 480. The molecule has 5 heteroatoms. The van der Waals surface area contributed by atoms with Crippen LogP contribution in [-0.4, -0.2) is 47.3 Å². The Balaban J connectivity index is 1.71. The van der Waals surface area contributed by atoms with E-state index in [0.29, 0.717) is 6.54 Å². The first kappa shape index (κ1) is 13.6. The van der Waals surface area contributed by atoms with E-state index < -0.39 is 0 Å². The standard InChI is InChI=1S/C15H20N2O2S/c18-14(16-8-2-1-3-9-16)12-6-4-10-17(12)15(19)13-7-5-11-20-13/h5,7,11-12H,1-4,6,8-10H2. The number of hydrogen-bond acceptors (Lipinski definition) is 3. The van der Waals surface area contributed by atoms with Crippen LogP contribution in [0.25, 0.3) is 0 Å². The van der Waals surface area contributed by atoms with E-state index in [1.807, 2.05) is 22.4 Å². The van der Waals surface area contributed by atoms with E-state index in [9.17, 15) is 9.59 Å². The zero-order valence-corrected chi connectivity index (χ0v) is 12.4. The average Bonchev–Trinajstić information content (AvgIpc) is 3.18. The van der Waals surface area contributed by atoms with Gasteiger partial charge in [-0.15, -0.1) is 11.3 Å². The molecule has 20 heavy (non-hydrogen) atoms. The molecule has 2 amide bonds. The van der Waals surface area contributed by atoms with Crippen molar-refractivity contribution in [2.75, 3.05) is 19.6 Å². The molecule has 1 unspecified atom stereocenters. The molecule has 0 aliphatic carbocycles. The fourth-order valence-corrected chi connectivity index (χ4v) is 3.81. The normalized spacial score (nSPS) is 23.1. The molecule has 1 aromatic heterocycles. The number of nitrogens with zero attached hydrogens (tertiary/aromatic N) is 2. The lowest BCUT2D eigenvalue weighted by Crippen LogP contribution is -2.49. The Hall–Kier alpha value is -1.36. The first-order valence-electron chi connectivity index (χ1n) is 7.40. The third-order valence-electron chi connectivity index (χ3n) is 4.20. The van der Waals surface area contributed by atoms with Gasteiger partial charge in [-0.2, -0.15) is 0 Å². The predicted octanol–water partition coefficient (Wildman–Crippen LogP) is 2.37. The Labute approximate surface area is 123 Å². The van der Waals surface area contributed by atoms with Gasteiger partial charge < -0.3 is 9.80 Å². The second kappa shape index (κ2) is 5.95. The highest BCUT2D eigenvalue weighted by atomic mass is 32.1. The highest BCUT2D eigenvalue weighted by Crippen LogP contribution is 2.24. The molecule has 4 nitrogen and oxygen atoms in total. The fraction of sp³-hybridized carbons (Fsp3) is 0.600. The number of amides is 2. The summed E-state index contributed by atoms with van der Waals surface area (Å²) in [5.74, 6) is 0.181. The second-order valence-electron chi connectivity index (χ2n) is 5.52.